The van der Waals surface area contributed by atoms with Crippen LogP contribution in [0.1, 0.15) is 5.56 Å². The summed E-state index contributed by atoms with van der Waals surface area (Å²) in [5.41, 5.74) is 0.880. The fraction of sp³-hybridized carbons (Fsp3) is 0.100. The Balaban J connectivity index is 2.96. The molecule has 0 aliphatic heterocycles. The minimum atomic E-state index is -0.174. The molecule has 1 nitrogen and oxygen atoms in total. The van der Waals surface area contributed by atoms with Crippen molar-refractivity contribution in [2.75, 3.05) is 0 Å². The van der Waals surface area contributed by atoms with Crippen molar-refractivity contribution in [2.24, 2.45) is 0 Å². The highest BCUT2D eigenvalue weighted by Crippen LogP contribution is 2.19. The maximum atomic E-state index is 13.2. The molecule has 1 aromatic heterocycles. The number of halogens is 1. The van der Waals surface area contributed by atoms with Crippen LogP contribution in [0.4, 0.5) is 4.39 Å². The van der Waals surface area contributed by atoms with Gasteiger partial charge in [-0.3, -0.25) is 4.98 Å². The normalized spacial score (nSPS) is 10.5. The summed E-state index contributed by atoms with van der Waals surface area (Å²) >= 11 is 0. The number of fused-ring (bicyclic) bond motifs is 1. The molecule has 0 aliphatic rings. The quantitative estimate of drug-likeness (QED) is 0.578. The second-order valence-corrected chi connectivity index (χ2v) is 2.79. The Morgan fingerprint density at radius 1 is 1.25 bits per heavy atom. The van der Waals surface area contributed by atoms with E-state index >= 15 is 0 Å². The Morgan fingerprint density at radius 2 is 2.08 bits per heavy atom. The van der Waals surface area contributed by atoms with E-state index in [1.165, 1.54) is 6.07 Å². The van der Waals surface area contributed by atoms with Crippen LogP contribution in [0.3, 0.4) is 0 Å². The molecule has 60 valence electrons. The first-order chi connectivity index (χ1) is 5.79. The van der Waals surface area contributed by atoms with Crippen LogP contribution in [-0.2, 0) is 0 Å². The molecule has 0 aliphatic carbocycles. The molecule has 0 atom stereocenters. The number of aromatic nitrogens is 1. The van der Waals surface area contributed by atoms with Crippen LogP contribution in [0.15, 0.2) is 30.6 Å². The van der Waals surface area contributed by atoms with Gasteiger partial charge in [0.25, 0.3) is 0 Å². The average Bonchev–Trinajstić information content (AvgIpc) is 2.04. The minimum Gasteiger partial charge on any atom is -0.264 e. The van der Waals surface area contributed by atoms with Crippen molar-refractivity contribution in [1.82, 2.24) is 4.98 Å². The van der Waals surface area contributed by atoms with Gasteiger partial charge in [0.1, 0.15) is 5.82 Å². The van der Waals surface area contributed by atoms with Gasteiger partial charge in [0.2, 0.25) is 0 Å². The molecular weight excluding hydrogens is 153 g/mol. The minimum absolute atomic E-state index is 0.174. The molecule has 2 heteroatoms. The van der Waals surface area contributed by atoms with Gasteiger partial charge in [0, 0.05) is 23.2 Å². The predicted octanol–water partition coefficient (Wildman–Crippen LogP) is 2.68. The molecular formula is C10H8FN. The molecule has 0 bridgehead atoms. The maximum absolute atomic E-state index is 13.2. The molecule has 2 aromatic rings. The number of hydrogen-bond donors (Lipinski definition) is 0. The zero-order chi connectivity index (χ0) is 8.55. The van der Waals surface area contributed by atoms with E-state index < -0.39 is 0 Å². The Kier molecular flexibility index (Phi) is 1.54. The maximum Gasteiger partial charge on any atom is 0.131 e. The first-order valence-corrected chi connectivity index (χ1v) is 3.78. The van der Waals surface area contributed by atoms with Crippen LogP contribution >= 0.6 is 0 Å². The molecule has 0 N–H and O–H groups in total. The van der Waals surface area contributed by atoms with Gasteiger partial charge >= 0.3 is 0 Å². The molecule has 0 amide bonds. The second-order valence-electron chi connectivity index (χ2n) is 2.79. The Morgan fingerprint density at radius 3 is 2.83 bits per heavy atom. The van der Waals surface area contributed by atoms with Crippen molar-refractivity contribution in [3.63, 3.8) is 0 Å². The largest absolute Gasteiger partial charge is 0.264 e. The summed E-state index contributed by atoms with van der Waals surface area (Å²) in [7, 11) is 0. The number of nitrogens with zero attached hydrogens (tertiary/aromatic N) is 1. The first-order valence-electron chi connectivity index (χ1n) is 3.78. The number of rotatable bonds is 0. The molecule has 0 saturated carbocycles. The summed E-state index contributed by atoms with van der Waals surface area (Å²) in [6.45, 7) is 1.86. The lowest BCUT2D eigenvalue weighted by atomic mass is 10.1. The van der Waals surface area contributed by atoms with Crippen molar-refractivity contribution in [3.8, 4) is 0 Å². The second kappa shape index (κ2) is 2.55. The van der Waals surface area contributed by atoms with E-state index in [4.69, 9.17) is 0 Å². The van der Waals surface area contributed by atoms with E-state index in [1.807, 2.05) is 13.0 Å². The topological polar surface area (TPSA) is 12.9 Å². The first kappa shape index (κ1) is 7.22. The van der Waals surface area contributed by atoms with E-state index in [-0.39, 0.29) is 5.82 Å². The van der Waals surface area contributed by atoms with Crippen molar-refractivity contribution in [1.29, 1.82) is 0 Å². The fourth-order valence-corrected chi connectivity index (χ4v) is 1.36. The van der Waals surface area contributed by atoms with Crippen LogP contribution in [0.2, 0.25) is 0 Å². The van der Waals surface area contributed by atoms with Crippen LogP contribution in [-0.4, -0.2) is 4.98 Å². The van der Waals surface area contributed by atoms with E-state index in [0.717, 1.165) is 10.9 Å². The van der Waals surface area contributed by atoms with Crippen molar-refractivity contribution < 1.29 is 4.39 Å². The van der Waals surface area contributed by atoms with E-state index in [1.54, 1.807) is 18.5 Å². The van der Waals surface area contributed by atoms with Gasteiger partial charge in [0.05, 0.1) is 0 Å². The van der Waals surface area contributed by atoms with Gasteiger partial charge in [0.15, 0.2) is 0 Å². The van der Waals surface area contributed by atoms with E-state index in [2.05, 4.69) is 4.98 Å². The lowest BCUT2D eigenvalue weighted by Gasteiger charge is -2.00. The fourth-order valence-electron chi connectivity index (χ4n) is 1.36. The molecule has 0 spiro atoms. The summed E-state index contributed by atoms with van der Waals surface area (Å²) in [5.74, 6) is -0.174. The monoisotopic (exact) mass is 161 g/mol. The van der Waals surface area contributed by atoms with E-state index in [0.29, 0.717) is 5.39 Å². The molecule has 0 saturated heterocycles. The lowest BCUT2D eigenvalue weighted by molar-refractivity contribution is 0.639. The van der Waals surface area contributed by atoms with Crippen LogP contribution in [0.5, 0.6) is 0 Å². The number of benzene rings is 1. The van der Waals surface area contributed by atoms with Gasteiger partial charge < -0.3 is 0 Å². The summed E-state index contributed by atoms with van der Waals surface area (Å²) in [6.07, 6.45) is 3.34. The summed E-state index contributed by atoms with van der Waals surface area (Å²) < 4.78 is 13.2. The number of pyridine rings is 1. The standard InChI is InChI=1S/C10H8FN/c1-7-5-12-6-8-3-2-4-9(11)10(7)8/h2-6H,1H3. The molecule has 1 aromatic carbocycles. The smallest absolute Gasteiger partial charge is 0.131 e. The Hall–Kier alpha value is -1.44. The highest BCUT2D eigenvalue weighted by Gasteiger charge is 2.01. The third-order valence-corrected chi connectivity index (χ3v) is 1.92. The highest BCUT2D eigenvalue weighted by atomic mass is 19.1. The lowest BCUT2D eigenvalue weighted by Crippen LogP contribution is -1.84. The van der Waals surface area contributed by atoms with Gasteiger partial charge in [-0.25, -0.2) is 4.39 Å². The summed E-state index contributed by atoms with van der Waals surface area (Å²) in [6, 6.07) is 5.02. The van der Waals surface area contributed by atoms with Crippen molar-refractivity contribution in [3.05, 3.63) is 42.0 Å². The molecule has 0 unspecified atom stereocenters. The zero-order valence-electron chi connectivity index (χ0n) is 6.71. The van der Waals surface area contributed by atoms with Gasteiger partial charge in [-0.2, -0.15) is 0 Å². The predicted molar refractivity (Wildman–Crippen MR) is 46.4 cm³/mol. The molecule has 0 radical (unpaired) electrons. The van der Waals surface area contributed by atoms with Gasteiger partial charge in [-0.05, 0) is 18.6 Å². The number of hydrogen-bond acceptors (Lipinski definition) is 1. The molecule has 1 heterocycles. The third kappa shape index (κ3) is 0.961. The third-order valence-electron chi connectivity index (χ3n) is 1.92. The molecule has 12 heavy (non-hydrogen) atoms. The summed E-state index contributed by atoms with van der Waals surface area (Å²) in [4.78, 5) is 3.99. The molecule has 0 fully saturated rings. The average molecular weight is 161 g/mol. The Labute approximate surface area is 69.9 Å². The van der Waals surface area contributed by atoms with Crippen LogP contribution in [0.25, 0.3) is 10.8 Å². The van der Waals surface area contributed by atoms with E-state index in [9.17, 15) is 4.39 Å². The number of aryl methyl sites for hydroxylation is 1. The van der Waals surface area contributed by atoms with Gasteiger partial charge in [-0.15, -0.1) is 0 Å². The van der Waals surface area contributed by atoms with Crippen molar-refractivity contribution in [2.45, 2.75) is 6.92 Å². The zero-order valence-corrected chi connectivity index (χ0v) is 6.71. The Bertz CT molecular complexity index is 386. The highest BCUT2D eigenvalue weighted by molar-refractivity contribution is 5.84. The SMILES string of the molecule is Cc1cncc2cccc(F)c12. The van der Waals surface area contributed by atoms with Crippen molar-refractivity contribution >= 4 is 10.8 Å². The molecule has 2 rings (SSSR count). The van der Waals surface area contributed by atoms with Gasteiger partial charge in [-0.1, -0.05) is 12.1 Å². The van der Waals surface area contributed by atoms with Crippen LogP contribution in [0, 0.1) is 12.7 Å². The van der Waals surface area contributed by atoms with Crippen LogP contribution < -0.4 is 0 Å². The summed E-state index contributed by atoms with van der Waals surface area (Å²) in [5, 5.41) is 1.53.